The minimum Gasteiger partial charge on any atom is -0.508 e. The van der Waals surface area contributed by atoms with Crippen LogP contribution in [-0.2, 0) is 0 Å². The summed E-state index contributed by atoms with van der Waals surface area (Å²) in [7, 11) is 0. The van der Waals surface area contributed by atoms with Crippen LogP contribution in [0.25, 0.3) is 0 Å². The summed E-state index contributed by atoms with van der Waals surface area (Å²) in [4.78, 5) is 9.73. The predicted octanol–water partition coefficient (Wildman–Crippen LogP) is 2.95. The van der Waals surface area contributed by atoms with Gasteiger partial charge in [-0.2, -0.15) is 0 Å². The third-order valence-corrected chi connectivity index (χ3v) is 3.14. The van der Waals surface area contributed by atoms with Crippen LogP contribution in [0.2, 0.25) is 0 Å². The third-order valence-electron chi connectivity index (χ3n) is 2.23. The van der Waals surface area contributed by atoms with Gasteiger partial charge >= 0.3 is 0 Å². The highest BCUT2D eigenvalue weighted by atomic mass is 32.2. The molecule has 0 saturated carbocycles. The highest BCUT2D eigenvalue weighted by molar-refractivity contribution is 7.99. The average Bonchev–Trinajstić information content (AvgIpc) is 2.27. The van der Waals surface area contributed by atoms with Crippen LogP contribution >= 0.6 is 11.8 Å². The average molecular weight is 232 g/mol. The zero-order chi connectivity index (χ0) is 11.5. The molecular formula is C12H12N2OS. The highest BCUT2D eigenvalue weighted by Crippen LogP contribution is 2.27. The van der Waals surface area contributed by atoms with Crippen molar-refractivity contribution in [3.05, 3.63) is 41.9 Å². The van der Waals surface area contributed by atoms with Gasteiger partial charge in [0, 0.05) is 4.90 Å². The van der Waals surface area contributed by atoms with Gasteiger partial charge in [0.25, 0.3) is 0 Å². The Hall–Kier alpha value is -1.55. The van der Waals surface area contributed by atoms with Crippen molar-refractivity contribution < 1.29 is 5.11 Å². The number of phenols is 1. The molecule has 1 N–H and O–H groups in total. The first-order chi connectivity index (χ1) is 7.65. The van der Waals surface area contributed by atoms with Crippen molar-refractivity contribution in [1.82, 2.24) is 9.97 Å². The van der Waals surface area contributed by atoms with E-state index in [9.17, 15) is 0 Å². The highest BCUT2D eigenvalue weighted by Gasteiger charge is 2.02. The van der Waals surface area contributed by atoms with Gasteiger partial charge in [-0.15, -0.1) is 0 Å². The van der Waals surface area contributed by atoms with E-state index in [0.29, 0.717) is 0 Å². The van der Waals surface area contributed by atoms with Crippen LogP contribution in [0.15, 0.2) is 40.4 Å². The molecule has 0 aliphatic heterocycles. The Balaban J connectivity index is 2.20. The first-order valence-corrected chi connectivity index (χ1v) is 5.74. The van der Waals surface area contributed by atoms with Gasteiger partial charge in [0.05, 0.1) is 17.6 Å². The molecule has 0 radical (unpaired) electrons. The largest absolute Gasteiger partial charge is 0.508 e. The number of hydrogen-bond donors (Lipinski definition) is 1. The molecule has 0 spiro atoms. The van der Waals surface area contributed by atoms with Gasteiger partial charge in [0.15, 0.2) is 0 Å². The Morgan fingerprint density at radius 2 is 1.75 bits per heavy atom. The summed E-state index contributed by atoms with van der Waals surface area (Å²) in [6, 6.07) is 7.04. The summed E-state index contributed by atoms with van der Waals surface area (Å²) >= 11 is 1.53. The van der Waals surface area contributed by atoms with E-state index >= 15 is 0 Å². The molecule has 2 aromatic rings. The molecule has 0 saturated heterocycles. The first kappa shape index (κ1) is 11.0. The van der Waals surface area contributed by atoms with Gasteiger partial charge in [-0.05, 0) is 38.1 Å². The molecule has 1 heterocycles. The van der Waals surface area contributed by atoms with Gasteiger partial charge in [-0.25, -0.2) is 4.98 Å². The van der Waals surface area contributed by atoms with Crippen molar-refractivity contribution >= 4 is 11.8 Å². The van der Waals surface area contributed by atoms with Crippen LogP contribution in [0.5, 0.6) is 5.75 Å². The fraction of sp³-hybridized carbons (Fsp3) is 0.167. The van der Waals surface area contributed by atoms with Crippen LogP contribution < -0.4 is 0 Å². The number of aromatic hydroxyl groups is 1. The lowest BCUT2D eigenvalue weighted by Gasteiger charge is -2.03. The van der Waals surface area contributed by atoms with Crippen molar-refractivity contribution in [3.8, 4) is 5.75 Å². The Morgan fingerprint density at radius 1 is 1.06 bits per heavy atom. The van der Waals surface area contributed by atoms with Crippen LogP contribution in [0.3, 0.4) is 0 Å². The fourth-order valence-corrected chi connectivity index (χ4v) is 2.01. The molecule has 0 fully saturated rings. The molecule has 0 aliphatic carbocycles. The molecule has 0 bridgehead atoms. The summed E-state index contributed by atoms with van der Waals surface area (Å²) < 4.78 is 0. The Labute approximate surface area is 98.6 Å². The third kappa shape index (κ3) is 2.52. The van der Waals surface area contributed by atoms with E-state index < -0.39 is 0 Å². The number of aryl methyl sites for hydroxylation is 2. The van der Waals surface area contributed by atoms with E-state index in [1.165, 1.54) is 11.8 Å². The van der Waals surface area contributed by atoms with E-state index in [4.69, 9.17) is 5.11 Å². The van der Waals surface area contributed by atoms with E-state index in [-0.39, 0.29) is 5.75 Å². The Morgan fingerprint density at radius 3 is 2.38 bits per heavy atom. The predicted molar refractivity (Wildman–Crippen MR) is 63.7 cm³/mol. The zero-order valence-electron chi connectivity index (χ0n) is 9.14. The zero-order valence-corrected chi connectivity index (χ0v) is 9.95. The maximum Gasteiger partial charge on any atom is 0.119 e. The van der Waals surface area contributed by atoms with E-state index in [1.807, 2.05) is 26.0 Å². The first-order valence-electron chi connectivity index (χ1n) is 4.92. The molecule has 0 amide bonds. The van der Waals surface area contributed by atoms with E-state index in [0.717, 1.165) is 21.3 Å². The lowest BCUT2D eigenvalue weighted by Crippen LogP contribution is -1.92. The van der Waals surface area contributed by atoms with Gasteiger partial charge in [-0.3, -0.25) is 4.98 Å². The second-order valence-corrected chi connectivity index (χ2v) is 4.57. The molecule has 2 rings (SSSR count). The second-order valence-electron chi connectivity index (χ2n) is 3.48. The van der Waals surface area contributed by atoms with Gasteiger partial charge in [0.2, 0.25) is 0 Å². The number of aromatic nitrogens is 2. The van der Waals surface area contributed by atoms with Gasteiger partial charge in [-0.1, -0.05) is 11.8 Å². The van der Waals surface area contributed by atoms with E-state index in [1.54, 1.807) is 18.3 Å². The summed E-state index contributed by atoms with van der Waals surface area (Å²) in [5, 5.41) is 10.0. The maximum absolute atomic E-state index is 9.17. The molecule has 16 heavy (non-hydrogen) atoms. The lowest BCUT2D eigenvalue weighted by atomic mass is 10.3. The van der Waals surface area contributed by atoms with Crippen molar-refractivity contribution in [2.75, 3.05) is 0 Å². The maximum atomic E-state index is 9.17. The molecule has 82 valence electrons. The summed E-state index contributed by atoms with van der Waals surface area (Å²) in [5.41, 5.74) is 1.90. The monoisotopic (exact) mass is 232 g/mol. The molecule has 0 aliphatic rings. The Bertz CT molecular complexity index is 497. The minimum absolute atomic E-state index is 0.274. The number of phenolic OH excluding ortho intramolecular Hbond substituents is 1. The van der Waals surface area contributed by atoms with Crippen molar-refractivity contribution in [3.63, 3.8) is 0 Å². The number of rotatable bonds is 2. The molecule has 4 heteroatoms. The van der Waals surface area contributed by atoms with Crippen LogP contribution in [0.4, 0.5) is 0 Å². The summed E-state index contributed by atoms with van der Waals surface area (Å²) in [6.45, 7) is 3.89. The minimum atomic E-state index is 0.274. The van der Waals surface area contributed by atoms with Crippen LogP contribution in [0.1, 0.15) is 11.4 Å². The number of nitrogens with zero attached hydrogens (tertiary/aromatic N) is 2. The molecule has 1 aromatic carbocycles. The van der Waals surface area contributed by atoms with Gasteiger partial charge in [0.1, 0.15) is 10.8 Å². The summed E-state index contributed by atoms with van der Waals surface area (Å²) in [6.07, 6.45) is 1.76. The lowest BCUT2D eigenvalue weighted by molar-refractivity contribution is 0.475. The fourth-order valence-electron chi connectivity index (χ4n) is 1.20. The number of hydrogen-bond acceptors (Lipinski definition) is 4. The van der Waals surface area contributed by atoms with Crippen molar-refractivity contribution in [1.29, 1.82) is 0 Å². The molecule has 1 aromatic heterocycles. The topological polar surface area (TPSA) is 46.0 Å². The van der Waals surface area contributed by atoms with Crippen LogP contribution in [0, 0.1) is 13.8 Å². The van der Waals surface area contributed by atoms with Crippen LogP contribution in [-0.4, -0.2) is 15.1 Å². The Kier molecular flexibility index (Phi) is 3.10. The molecular weight excluding hydrogens is 220 g/mol. The SMILES string of the molecule is Cc1ncc(Sc2ccc(O)cc2)nc1C. The van der Waals surface area contributed by atoms with E-state index in [2.05, 4.69) is 9.97 Å². The quantitative estimate of drug-likeness (QED) is 0.864. The molecule has 0 unspecified atom stereocenters. The van der Waals surface area contributed by atoms with Crippen molar-refractivity contribution in [2.45, 2.75) is 23.8 Å². The normalized spacial score (nSPS) is 10.4. The van der Waals surface area contributed by atoms with Gasteiger partial charge < -0.3 is 5.11 Å². The molecule has 3 nitrogen and oxygen atoms in total. The smallest absolute Gasteiger partial charge is 0.119 e. The summed E-state index contributed by atoms with van der Waals surface area (Å²) in [5.74, 6) is 0.274. The molecule has 0 atom stereocenters. The van der Waals surface area contributed by atoms with Crippen molar-refractivity contribution in [2.24, 2.45) is 0 Å². The number of benzene rings is 1. The second kappa shape index (κ2) is 4.53. The standard InChI is InChI=1S/C12H12N2OS/c1-8-9(2)14-12(7-13-8)16-11-5-3-10(15)4-6-11/h3-7,15H,1-2H3.